The Hall–Kier alpha value is -1.63. The fourth-order valence-electron chi connectivity index (χ4n) is 2.77. The molecule has 4 amide bonds. The maximum Gasteiger partial charge on any atom is 0.325 e. The third-order valence-electron chi connectivity index (χ3n) is 3.77. The fraction of sp³-hybridized carbons (Fsp3) is 0.750. The van der Waals surface area contributed by atoms with Crippen molar-refractivity contribution in [2.24, 2.45) is 0 Å². The van der Waals surface area contributed by atoms with E-state index in [2.05, 4.69) is 10.6 Å². The molecule has 7 heteroatoms. The van der Waals surface area contributed by atoms with Crippen LogP contribution >= 0.6 is 0 Å². The van der Waals surface area contributed by atoms with Gasteiger partial charge in [0.15, 0.2) is 0 Å². The van der Waals surface area contributed by atoms with E-state index < -0.39 is 11.6 Å². The molecule has 2 N–H and O–H groups in total. The highest BCUT2D eigenvalue weighted by atomic mass is 16.5. The minimum absolute atomic E-state index is 0.0821. The molecule has 0 unspecified atom stereocenters. The molecule has 19 heavy (non-hydrogen) atoms. The van der Waals surface area contributed by atoms with Crippen LogP contribution in [0.1, 0.15) is 25.7 Å². The summed E-state index contributed by atoms with van der Waals surface area (Å²) in [6.45, 7) is 0.731. The van der Waals surface area contributed by atoms with Gasteiger partial charge in [-0.15, -0.1) is 0 Å². The van der Waals surface area contributed by atoms with E-state index in [0.29, 0.717) is 26.0 Å². The van der Waals surface area contributed by atoms with Crippen molar-refractivity contribution in [3.63, 3.8) is 0 Å². The number of rotatable bonds is 5. The predicted molar refractivity (Wildman–Crippen MR) is 66.3 cm³/mol. The molecule has 1 spiro atoms. The molecule has 0 aromatic heterocycles. The lowest BCUT2D eigenvalue weighted by Crippen LogP contribution is -2.51. The van der Waals surface area contributed by atoms with E-state index in [1.165, 1.54) is 4.90 Å². The maximum absolute atomic E-state index is 11.9. The zero-order valence-corrected chi connectivity index (χ0v) is 11.0. The van der Waals surface area contributed by atoms with Gasteiger partial charge in [-0.05, 0) is 12.8 Å². The maximum atomic E-state index is 11.9. The van der Waals surface area contributed by atoms with Crippen molar-refractivity contribution in [3.05, 3.63) is 0 Å². The third-order valence-corrected chi connectivity index (χ3v) is 3.77. The van der Waals surface area contributed by atoms with E-state index in [1.807, 2.05) is 0 Å². The summed E-state index contributed by atoms with van der Waals surface area (Å²) in [7, 11) is 1.55. The van der Waals surface area contributed by atoms with Crippen molar-refractivity contribution in [2.45, 2.75) is 31.2 Å². The van der Waals surface area contributed by atoms with Crippen LogP contribution in [-0.4, -0.2) is 55.1 Å². The second kappa shape index (κ2) is 5.56. The largest absolute Gasteiger partial charge is 0.383 e. The Morgan fingerprint density at radius 1 is 1.42 bits per heavy atom. The second-order valence-corrected chi connectivity index (χ2v) is 4.93. The number of carbonyl (C=O) groups excluding carboxylic acids is 3. The monoisotopic (exact) mass is 269 g/mol. The van der Waals surface area contributed by atoms with Gasteiger partial charge in [0.05, 0.1) is 6.61 Å². The summed E-state index contributed by atoms with van der Waals surface area (Å²) in [5.74, 6) is -0.534. The highest BCUT2D eigenvalue weighted by molar-refractivity contribution is 6.08. The molecule has 0 aromatic rings. The van der Waals surface area contributed by atoms with Gasteiger partial charge in [0.1, 0.15) is 12.1 Å². The van der Waals surface area contributed by atoms with E-state index in [4.69, 9.17) is 4.74 Å². The predicted octanol–water partition coefficient (Wildman–Crippen LogP) is -0.386. The van der Waals surface area contributed by atoms with Crippen LogP contribution < -0.4 is 10.6 Å². The minimum atomic E-state index is -0.796. The average molecular weight is 269 g/mol. The first kappa shape index (κ1) is 13.8. The molecule has 1 heterocycles. The molecule has 7 nitrogen and oxygen atoms in total. The number of imide groups is 1. The summed E-state index contributed by atoms with van der Waals surface area (Å²) in [5.41, 5.74) is -0.796. The number of nitrogens with zero attached hydrogens (tertiary/aromatic N) is 1. The quantitative estimate of drug-likeness (QED) is 0.526. The standard InChI is InChI=1S/C12H19N3O4/c1-19-7-6-13-9(16)8-15-11(18)14-10(17)12(15)4-2-3-5-12/h2-8H2,1H3,(H,13,16)(H,14,17,18). The Balaban J connectivity index is 1.99. The molecule has 1 saturated carbocycles. The van der Waals surface area contributed by atoms with Crippen molar-refractivity contribution in [1.29, 1.82) is 0 Å². The second-order valence-electron chi connectivity index (χ2n) is 4.93. The van der Waals surface area contributed by atoms with E-state index in [-0.39, 0.29) is 18.4 Å². The summed E-state index contributed by atoms with van der Waals surface area (Å²) in [4.78, 5) is 36.9. The smallest absolute Gasteiger partial charge is 0.325 e. The molecule has 1 aliphatic heterocycles. The Morgan fingerprint density at radius 3 is 2.74 bits per heavy atom. The zero-order chi connectivity index (χ0) is 13.9. The molecule has 0 atom stereocenters. The molecule has 1 saturated heterocycles. The minimum Gasteiger partial charge on any atom is -0.383 e. The van der Waals surface area contributed by atoms with Crippen LogP contribution in [0.3, 0.4) is 0 Å². The summed E-state index contributed by atoms with van der Waals surface area (Å²) in [6.07, 6.45) is 3.08. The van der Waals surface area contributed by atoms with Gasteiger partial charge in [-0.2, -0.15) is 0 Å². The first-order valence-corrected chi connectivity index (χ1v) is 6.49. The van der Waals surface area contributed by atoms with Gasteiger partial charge in [0.25, 0.3) is 5.91 Å². The molecule has 0 bridgehead atoms. The summed E-state index contributed by atoms with van der Waals surface area (Å²) in [5, 5.41) is 4.97. The van der Waals surface area contributed by atoms with Gasteiger partial charge >= 0.3 is 6.03 Å². The zero-order valence-electron chi connectivity index (χ0n) is 11.0. The van der Waals surface area contributed by atoms with Crippen LogP contribution in [0.4, 0.5) is 4.79 Å². The van der Waals surface area contributed by atoms with E-state index in [9.17, 15) is 14.4 Å². The van der Waals surface area contributed by atoms with Gasteiger partial charge in [0.2, 0.25) is 5.91 Å². The van der Waals surface area contributed by atoms with Crippen molar-refractivity contribution in [3.8, 4) is 0 Å². The number of ether oxygens (including phenoxy) is 1. The van der Waals surface area contributed by atoms with Gasteiger partial charge < -0.3 is 15.0 Å². The summed E-state index contributed by atoms with van der Waals surface area (Å²) >= 11 is 0. The number of methoxy groups -OCH3 is 1. The number of hydrogen-bond donors (Lipinski definition) is 2. The van der Waals surface area contributed by atoms with E-state index in [1.54, 1.807) is 7.11 Å². The van der Waals surface area contributed by atoms with Gasteiger partial charge in [-0.3, -0.25) is 14.9 Å². The van der Waals surface area contributed by atoms with Gasteiger partial charge in [-0.25, -0.2) is 4.79 Å². The number of carbonyl (C=O) groups is 3. The number of hydrogen-bond acceptors (Lipinski definition) is 4. The Bertz CT molecular complexity index is 390. The third kappa shape index (κ3) is 2.56. The number of urea groups is 1. The summed E-state index contributed by atoms with van der Waals surface area (Å²) < 4.78 is 4.83. The van der Waals surface area contributed by atoms with Crippen LogP contribution in [0.2, 0.25) is 0 Å². The lowest BCUT2D eigenvalue weighted by molar-refractivity contribution is -0.128. The lowest BCUT2D eigenvalue weighted by Gasteiger charge is -2.30. The highest BCUT2D eigenvalue weighted by Gasteiger charge is 2.54. The molecule has 2 aliphatic rings. The molecular weight excluding hydrogens is 250 g/mol. The molecule has 0 radical (unpaired) electrons. The van der Waals surface area contributed by atoms with Crippen molar-refractivity contribution in [2.75, 3.05) is 26.8 Å². The van der Waals surface area contributed by atoms with Crippen molar-refractivity contribution < 1.29 is 19.1 Å². The van der Waals surface area contributed by atoms with Crippen LogP contribution in [0.15, 0.2) is 0 Å². The first-order chi connectivity index (χ1) is 9.10. The molecule has 1 aliphatic carbocycles. The molecule has 2 rings (SSSR count). The highest BCUT2D eigenvalue weighted by Crippen LogP contribution is 2.38. The van der Waals surface area contributed by atoms with Crippen molar-refractivity contribution in [1.82, 2.24) is 15.5 Å². The van der Waals surface area contributed by atoms with Crippen LogP contribution in [-0.2, 0) is 14.3 Å². The molecular formula is C12H19N3O4. The number of nitrogens with one attached hydrogen (secondary N) is 2. The van der Waals surface area contributed by atoms with Gasteiger partial charge in [0, 0.05) is 13.7 Å². The van der Waals surface area contributed by atoms with Crippen LogP contribution in [0.25, 0.3) is 0 Å². The Labute approximate surface area is 111 Å². The molecule has 106 valence electrons. The first-order valence-electron chi connectivity index (χ1n) is 6.49. The number of amides is 4. The van der Waals surface area contributed by atoms with Crippen LogP contribution in [0, 0.1) is 0 Å². The van der Waals surface area contributed by atoms with Crippen molar-refractivity contribution >= 4 is 17.8 Å². The topological polar surface area (TPSA) is 87.7 Å². The van der Waals surface area contributed by atoms with Gasteiger partial charge in [-0.1, -0.05) is 12.8 Å². The van der Waals surface area contributed by atoms with E-state index >= 15 is 0 Å². The summed E-state index contributed by atoms with van der Waals surface area (Å²) in [6, 6.07) is -0.464. The Kier molecular flexibility index (Phi) is 4.04. The fourth-order valence-corrected chi connectivity index (χ4v) is 2.77. The molecule has 2 fully saturated rings. The molecule has 0 aromatic carbocycles. The Morgan fingerprint density at radius 2 is 2.11 bits per heavy atom. The van der Waals surface area contributed by atoms with Crippen LogP contribution in [0.5, 0.6) is 0 Å². The normalized spacial score (nSPS) is 21.0. The average Bonchev–Trinajstić information content (AvgIpc) is 2.93. The van der Waals surface area contributed by atoms with E-state index in [0.717, 1.165) is 12.8 Å². The lowest BCUT2D eigenvalue weighted by atomic mass is 9.96. The SMILES string of the molecule is COCCNC(=O)CN1C(=O)NC(=O)C12CCCC2.